The molecule has 0 radical (unpaired) electrons. The average Bonchev–Trinajstić information content (AvgIpc) is 3.21. The van der Waals surface area contributed by atoms with Crippen molar-refractivity contribution >= 4 is 31.9 Å². The van der Waals surface area contributed by atoms with Crippen molar-refractivity contribution in [2.24, 2.45) is 0 Å². The van der Waals surface area contributed by atoms with Gasteiger partial charge >= 0.3 is 0 Å². The fourth-order valence-corrected chi connectivity index (χ4v) is 4.30. The van der Waals surface area contributed by atoms with Gasteiger partial charge in [0.15, 0.2) is 0 Å². The first-order chi connectivity index (χ1) is 9.21. The molecule has 0 heterocycles. The Balaban J connectivity index is 1.79. The standard InChI is InChI=1S/C17H16Br2/c18-15-8-4-5-13(11-15)12-16(19)17(9-10-17)14-6-2-1-3-7-14/h1-8,11,16H,9-10,12H2. The maximum absolute atomic E-state index is 3.94. The summed E-state index contributed by atoms with van der Waals surface area (Å²) in [7, 11) is 0. The summed E-state index contributed by atoms with van der Waals surface area (Å²) in [4.78, 5) is 0.511. The minimum absolute atomic E-state index is 0.351. The Labute approximate surface area is 131 Å². The number of rotatable bonds is 4. The van der Waals surface area contributed by atoms with Crippen LogP contribution in [0.4, 0.5) is 0 Å². The van der Waals surface area contributed by atoms with Crippen LogP contribution in [0.3, 0.4) is 0 Å². The van der Waals surface area contributed by atoms with Crippen molar-refractivity contribution in [3.8, 4) is 0 Å². The van der Waals surface area contributed by atoms with E-state index in [4.69, 9.17) is 0 Å². The zero-order valence-electron chi connectivity index (χ0n) is 10.7. The Bertz CT molecular complexity index is 558. The molecule has 2 aromatic rings. The summed E-state index contributed by atoms with van der Waals surface area (Å²) in [5, 5.41) is 0. The lowest BCUT2D eigenvalue weighted by Crippen LogP contribution is -2.22. The molecule has 3 rings (SSSR count). The van der Waals surface area contributed by atoms with Crippen LogP contribution in [0.1, 0.15) is 24.0 Å². The fourth-order valence-electron chi connectivity index (χ4n) is 2.75. The van der Waals surface area contributed by atoms with Crippen LogP contribution in [0.15, 0.2) is 59.1 Å². The molecule has 0 aliphatic heterocycles. The van der Waals surface area contributed by atoms with Gasteiger partial charge in [-0.25, -0.2) is 0 Å². The third kappa shape index (κ3) is 2.80. The van der Waals surface area contributed by atoms with E-state index in [0.717, 1.165) is 10.9 Å². The molecule has 1 aliphatic rings. The molecule has 98 valence electrons. The van der Waals surface area contributed by atoms with Gasteiger partial charge in [0.05, 0.1) is 0 Å². The van der Waals surface area contributed by atoms with Crippen molar-refractivity contribution < 1.29 is 0 Å². The SMILES string of the molecule is Brc1cccc(CC(Br)C2(c3ccccc3)CC2)c1. The topological polar surface area (TPSA) is 0 Å². The molecule has 0 spiro atoms. The molecule has 0 saturated heterocycles. The Morgan fingerprint density at radius 2 is 1.74 bits per heavy atom. The lowest BCUT2D eigenvalue weighted by molar-refractivity contribution is 0.647. The first-order valence-corrected chi connectivity index (χ1v) is 8.36. The number of alkyl halides is 1. The Morgan fingerprint density at radius 1 is 1.00 bits per heavy atom. The van der Waals surface area contributed by atoms with Crippen molar-refractivity contribution in [1.29, 1.82) is 0 Å². The molecule has 0 aromatic heterocycles. The smallest absolute Gasteiger partial charge is 0.0283 e. The molecule has 1 unspecified atom stereocenters. The molecule has 0 bridgehead atoms. The van der Waals surface area contributed by atoms with Crippen LogP contribution in [0.25, 0.3) is 0 Å². The van der Waals surface area contributed by atoms with Crippen molar-refractivity contribution in [2.45, 2.75) is 29.5 Å². The monoisotopic (exact) mass is 378 g/mol. The van der Waals surface area contributed by atoms with Gasteiger partial charge in [-0.1, -0.05) is 74.3 Å². The van der Waals surface area contributed by atoms with Gasteiger partial charge in [0.25, 0.3) is 0 Å². The van der Waals surface area contributed by atoms with E-state index >= 15 is 0 Å². The van der Waals surface area contributed by atoms with Gasteiger partial charge < -0.3 is 0 Å². The highest BCUT2D eigenvalue weighted by Gasteiger charge is 2.49. The number of hydrogen-bond acceptors (Lipinski definition) is 0. The predicted molar refractivity (Wildman–Crippen MR) is 87.9 cm³/mol. The molecule has 0 nitrogen and oxygen atoms in total. The maximum atomic E-state index is 3.94. The molecule has 2 aromatic carbocycles. The van der Waals surface area contributed by atoms with E-state index in [2.05, 4.69) is 86.5 Å². The van der Waals surface area contributed by atoms with Crippen LogP contribution in [0.5, 0.6) is 0 Å². The highest BCUT2D eigenvalue weighted by Crippen LogP contribution is 2.54. The van der Waals surface area contributed by atoms with E-state index in [0.29, 0.717) is 10.2 Å². The molecule has 19 heavy (non-hydrogen) atoms. The predicted octanol–water partition coefficient (Wildman–Crippen LogP) is 5.49. The van der Waals surface area contributed by atoms with Gasteiger partial charge in [-0.15, -0.1) is 0 Å². The zero-order chi connectivity index (χ0) is 13.3. The molecule has 1 atom stereocenters. The lowest BCUT2D eigenvalue weighted by Gasteiger charge is -2.22. The summed E-state index contributed by atoms with van der Waals surface area (Å²) in [5.41, 5.74) is 3.22. The lowest BCUT2D eigenvalue weighted by atomic mass is 9.89. The second-order valence-corrected chi connectivity index (χ2v) is 7.34. The Kier molecular flexibility index (Phi) is 3.81. The second-order valence-electron chi connectivity index (χ2n) is 5.32. The van der Waals surface area contributed by atoms with E-state index in [1.54, 1.807) is 0 Å². The minimum atomic E-state index is 0.351. The van der Waals surface area contributed by atoms with Crippen molar-refractivity contribution in [2.75, 3.05) is 0 Å². The first-order valence-electron chi connectivity index (χ1n) is 6.65. The van der Waals surface area contributed by atoms with Crippen molar-refractivity contribution in [1.82, 2.24) is 0 Å². The summed E-state index contributed by atoms with van der Waals surface area (Å²) in [6.45, 7) is 0. The molecular weight excluding hydrogens is 364 g/mol. The third-order valence-corrected chi connectivity index (χ3v) is 5.73. The van der Waals surface area contributed by atoms with Gasteiger partial charge in [-0.05, 0) is 42.5 Å². The summed E-state index contributed by atoms with van der Waals surface area (Å²) >= 11 is 7.49. The van der Waals surface area contributed by atoms with Gasteiger partial charge in [0.1, 0.15) is 0 Å². The van der Waals surface area contributed by atoms with E-state index < -0.39 is 0 Å². The van der Waals surface area contributed by atoms with Crippen molar-refractivity contribution in [3.05, 3.63) is 70.2 Å². The fraction of sp³-hybridized carbons (Fsp3) is 0.294. The highest BCUT2D eigenvalue weighted by molar-refractivity contribution is 9.10. The molecule has 1 fully saturated rings. The molecule has 0 amide bonds. The van der Waals surface area contributed by atoms with Crippen LogP contribution in [-0.4, -0.2) is 4.83 Å². The molecule has 0 N–H and O–H groups in total. The van der Waals surface area contributed by atoms with Crippen LogP contribution in [-0.2, 0) is 11.8 Å². The largest absolute Gasteiger partial charge is 0.0877 e. The number of halogens is 2. The highest BCUT2D eigenvalue weighted by atomic mass is 79.9. The van der Waals surface area contributed by atoms with Crippen LogP contribution in [0.2, 0.25) is 0 Å². The van der Waals surface area contributed by atoms with Gasteiger partial charge in [-0.2, -0.15) is 0 Å². The van der Waals surface area contributed by atoms with Gasteiger partial charge in [0, 0.05) is 14.7 Å². The third-order valence-electron chi connectivity index (χ3n) is 4.04. The number of hydrogen-bond donors (Lipinski definition) is 0. The molecule has 2 heteroatoms. The minimum Gasteiger partial charge on any atom is -0.0877 e. The quantitative estimate of drug-likeness (QED) is 0.616. The van der Waals surface area contributed by atoms with Crippen molar-refractivity contribution in [3.63, 3.8) is 0 Å². The van der Waals surface area contributed by atoms with E-state index in [9.17, 15) is 0 Å². The Hall–Kier alpha value is -0.600. The summed E-state index contributed by atoms with van der Waals surface area (Å²) in [6, 6.07) is 19.5. The van der Waals surface area contributed by atoms with Gasteiger partial charge in [0.2, 0.25) is 0 Å². The van der Waals surface area contributed by atoms with Gasteiger partial charge in [-0.3, -0.25) is 0 Å². The van der Waals surface area contributed by atoms with Crippen LogP contribution >= 0.6 is 31.9 Å². The first kappa shape index (κ1) is 13.4. The molecule has 1 saturated carbocycles. The zero-order valence-corrected chi connectivity index (χ0v) is 13.8. The summed E-state index contributed by atoms with van der Waals surface area (Å²) in [5.74, 6) is 0. The van der Waals surface area contributed by atoms with E-state index in [1.165, 1.54) is 24.0 Å². The average molecular weight is 380 g/mol. The van der Waals surface area contributed by atoms with Crippen LogP contribution < -0.4 is 0 Å². The molecular formula is C17H16Br2. The molecule has 1 aliphatic carbocycles. The summed E-state index contributed by atoms with van der Waals surface area (Å²) in [6.07, 6.45) is 3.66. The normalized spacial score (nSPS) is 18.0. The Morgan fingerprint density at radius 3 is 2.37 bits per heavy atom. The van der Waals surface area contributed by atoms with E-state index in [-0.39, 0.29) is 0 Å². The van der Waals surface area contributed by atoms with E-state index in [1.807, 2.05) is 0 Å². The second kappa shape index (κ2) is 5.41. The van der Waals surface area contributed by atoms with Crippen LogP contribution in [0, 0.1) is 0 Å². The number of benzene rings is 2. The maximum Gasteiger partial charge on any atom is 0.0283 e. The summed E-state index contributed by atoms with van der Waals surface area (Å²) < 4.78 is 1.16.